The van der Waals surface area contributed by atoms with Crippen molar-refractivity contribution < 1.29 is 9.47 Å². The second-order valence-corrected chi connectivity index (χ2v) is 4.01. The Hall–Kier alpha value is -0.340. The molecular formula is C11H18O2. The van der Waals surface area contributed by atoms with Gasteiger partial charge in [0.2, 0.25) is 0 Å². The third-order valence-electron chi connectivity index (χ3n) is 2.99. The van der Waals surface area contributed by atoms with Crippen molar-refractivity contribution in [3.63, 3.8) is 0 Å². The van der Waals surface area contributed by atoms with Crippen molar-refractivity contribution in [1.29, 1.82) is 0 Å². The van der Waals surface area contributed by atoms with Crippen LogP contribution in [-0.2, 0) is 9.47 Å². The van der Waals surface area contributed by atoms with Gasteiger partial charge >= 0.3 is 0 Å². The molecule has 2 aliphatic heterocycles. The minimum Gasteiger partial charge on any atom is -0.350 e. The third kappa shape index (κ3) is 1.94. The largest absolute Gasteiger partial charge is 0.350 e. The maximum absolute atomic E-state index is 5.94. The van der Waals surface area contributed by atoms with Crippen LogP contribution in [0.2, 0.25) is 0 Å². The maximum atomic E-state index is 5.94. The zero-order chi connectivity index (χ0) is 9.15. The molecule has 2 saturated heterocycles. The van der Waals surface area contributed by atoms with Crippen molar-refractivity contribution in [1.82, 2.24) is 0 Å². The summed E-state index contributed by atoms with van der Waals surface area (Å²) in [7, 11) is 0. The summed E-state index contributed by atoms with van der Waals surface area (Å²) < 4.78 is 11.6. The molecule has 2 heteroatoms. The number of hydrogen-bond donors (Lipinski definition) is 0. The number of rotatable bonds is 3. The van der Waals surface area contributed by atoms with E-state index in [9.17, 15) is 0 Å². The summed E-state index contributed by atoms with van der Waals surface area (Å²) in [5.74, 6) is -0.175. The smallest absolute Gasteiger partial charge is 0.168 e. The average molecular weight is 182 g/mol. The van der Waals surface area contributed by atoms with Crippen LogP contribution in [0, 0.1) is 0 Å². The lowest BCUT2D eigenvalue weighted by Gasteiger charge is -2.22. The molecule has 0 aromatic carbocycles. The summed E-state index contributed by atoms with van der Waals surface area (Å²) in [4.78, 5) is 0. The van der Waals surface area contributed by atoms with Gasteiger partial charge in [0, 0.05) is 12.8 Å². The molecule has 0 amide bonds. The van der Waals surface area contributed by atoms with E-state index in [0.717, 1.165) is 45.1 Å². The van der Waals surface area contributed by atoms with Crippen LogP contribution in [0.15, 0.2) is 12.7 Å². The van der Waals surface area contributed by atoms with Crippen LogP contribution in [0.3, 0.4) is 0 Å². The number of allylic oxidation sites excluding steroid dienone is 1. The van der Waals surface area contributed by atoms with E-state index in [1.807, 2.05) is 6.08 Å². The van der Waals surface area contributed by atoms with Gasteiger partial charge in [-0.25, -0.2) is 0 Å². The van der Waals surface area contributed by atoms with Crippen molar-refractivity contribution in [2.75, 3.05) is 6.61 Å². The lowest BCUT2D eigenvalue weighted by molar-refractivity contribution is -0.199. The highest BCUT2D eigenvalue weighted by atomic mass is 16.7. The lowest BCUT2D eigenvalue weighted by Crippen LogP contribution is -2.27. The van der Waals surface area contributed by atoms with E-state index in [1.165, 1.54) is 0 Å². The predicted octanol–water partition coefficient (Wildman–Crippen LogP) is 2.64. The standard InChI is InChI=1S/C11H18O2/c1-2-3-5-10-6-8-11(13-10)7-4-9-12-11/h2,10H,1,3-9H2/t10-,11+/m0/s1. The van der Waals surface area contributed by atoms with Crippen molar-refractivity contribution in [3.8, 4) is 0 Å². The van der Waals surface area contributed by atoms with E-state index in [-0.39, 0.29) is 5.79 Å². The van der Waals surface area contributed by atoms with E-state index in [4.69, 9.17) is 9.47 Å². The third-order valence-corrected chi connectivity index (χ3v) is 2.99. The fraction of sp³-hybridized carbons (Fsp3) is 0.818. The SMILES string of the molecule is C=CCC[C@H]1CC[C@@]2(CCCO2)O1. The first-order chi connectivity index (χ1) is 6.35. The number of hydrogen-bond acceptors (Lipinski definition) is 2. The summed E-state index contributed by atoms with van der Waals surface area (Å²) >= 11 is 0. The molecule has 13 heavy (non-hydrogen) atoms. The van der Waals surface area contributed by atoms with Crippen LogP contribution in [0.5, 0.6) is 0 Å². The second-order valence-electron chi connectivity index (χ2n) is 4.01. The van der Waals surface area contributed by atoms with Gasteiger partial charge in [-0.3, -0.25) is 0 Å². The Morgan fingerprint density at radius 1 is 1.46 bits per heavy atom. The van der Waals surface area contributed by atoms with E-state index < -0.39 is 0 Å². The summed E-state index contributed by atoms with van der Waals surface area (Å²) in [6, 6.07) is 0. The van der Waals surface area contributed by atoms with Gasteiger partial charge < -0.3 is 9.47 Å². The van der Waals surface area contributed by atoms with Gasteiger partial charge in [-0.1, -0.05) is 6.08 Å². The first-order valence-corrected chi connectivity index (χ1v) is 5.27. The van der Waals surface area contributed by atoms with Gasteiger partial charge in [-0.05, 0) is 25.7 Å². The molecule has 0 unspecified atom stereocenters. The Labute approximate surface area is 79.9 Å². The molecule has 2 rings (SSSR count). The fourth-order valence-corrected chi connectivity index (χ4v) is 2.27. The van der Waals surface area contributed by atoms with E-state index in [1.54, 1.807) is 0 Å². The predicted molar refractivity (Wildman–Crippen MR) is 51.5 cm³/mol. The van der Waals surface area contributed by atoms with Crippen LogP contribution in [-0.4, -0.2) is 18.5 Å². The first-order valence-electron chi connectivity index (χ1n) is 5.27. The zero-order valence-corrected chi connectivity index (χ0v) is 8.13. The molecule has 0 aliphatic carbocycles. The Kier molecular flexibility index (Phi) is 2.70. The highest BCUT2D eigenvalue weighted by molar-refractivity contribution is 4.85. The minimum atomic E-state index is -0.175. The van der Waals surface area contributed by atoms with Crippen LogP contribution in [0.4, 0.5) is 0 Å². The van der Waals surface area contributed by atoms with Crippen molar-refractivity contribution in [2.24, 2.45) is 0 Å². The zero-order valence-electron chi connectivity index (χ0n) is 8.13. The fourth-order valence-electron chi connectivity index (χ4n) is 2.27. The lowest BCUT2D eigenvalue weighted by atomic mass is 10.1. The number of ether oxygens (including phenoxy) is 2. The van der Waals surface area contributed by atoms with Gasteiger partial charge in [0.15, 0.2) is 5.79 Å². The van der Waals surface area contributed by atoms with Gasteiger partial charge in [0.1, 0.15) is 0 Å². The van der Waals surface area contributed by atoms with Gasteiger partial charge in [0.25, 0.3) is 0 Å². The molecule has 2 atom stereocenters. The van der Waals surface area contributed by atoms with Gasteiger partial charge in [-0.15, -0.1) is 6.58 Å². The molecule has 0 N–H and O–H groups in total. The molecule has 2 aliphatic rings. The summed E-state index contributed by atoms with van der Waals surface area (Å²) in [6.45, 7) is 4.61. The first kappa shape index (κ1) is 9.22. The molecule has 1 spiro atoms. The van der Waals surface area contributed by atoms with Crippen molar-refractivity contribution in [2.45, 2.75) is 50.4 Å². The molecular weight excluding hydrogens is 164 g/mol. The van der Waals surface area contributed by atoms with E-state index in [2.05, 4.69) is 6.58 Å². The van der Waals surface area contributed by atoms with Crippen LogP contribution < -0.4 is 0 Å². The molecule has 0 radical (unpaired) electrons. The molecule has 0 bridgehead atoms. The Balaban J connectivity index is 1.82. The molecule has 0 aromatic heterocycles. The summed E-state index contributed by atoms with van der Waals surface area (Å²) in [5.41, 5.74) is 0. The second kappa shape index (κ2) is 3.81. The van der Waals surface area contributed by atoms with E-state index >= 15 is 0 Å². The molecule has 74 valence electrons. The van der Waals surface area contributed by atoms with Gasteiger partial charge in [-0.2, -0.15) is 0 Å². The molecule has 2 nitrogen and oxygen atoms in total. The molecule has 0 aromatic rings. The summed E-state index contributed by atoms with van der Waals surface area (Å²) in [6.07, 6.45) is 9.05. The minimum absolute atomic E-state index is 0.175. The maximum Gasteiger partial charge on any atom is 0.168 e. The van der Waals surface area contributed by atoms with Crippen molar-refractivity contribution in [3.05, 3.63) is 12.7 Å². The van der Waals surface area contributed by atoms with Gasteiger partial charge in [0.05, 0.1) is 12.7 Å². The normalized spacial score (nSPS) is 38.6. The van der Waals surface area contributed by atoms with Crippen LogP contribution in [0.1, 0.15) is 38.5 Å². The van der Waals surface area contributed by atoms with Crippen LogP contribution >= 0.6 is 0 Å². The quantitative estimate of drug-likeness (QED) is 0.625. The Bertz CT molecular complexity index is 183. The topological polar surface area (TPSA) is 18.5 Å². The highest BCUT2D eigenvalue weighted by Crippen LogP contribution is 2.40. The van der Waals surface area contributed by atoms with E-state index in [0.29, 0.717) is 6.10 Å². The van der Waals surface area contributed by atoms with Crippen LogP contribution in [0.25, 0.3) is 0 Å². The van der Waals surface area contributed by atoms with Crippen molar-refractivity contribution >= 4 is 0 Å². The Morgan fingerprint density at radius 3 is 3.08 bits per heavy atom. The molecule has 0 saturated carbocycles. The average Bonchev–Trinajstić information content (AvgIpc) is 2.74. The molecule has 2 heterocycles. The molecule has 2 fully saturated rings. The monoisotopic (exact) mass is 182 g/mol. The summed E-state index contributed by atoms with van der Waals surface area (Å²) in [5, 5.41) is 0. The highest BCUT2D eigenvalue weighted by Gasteiger charge is 2.43. The Morgan fingerprint density at radius 2 is 2.38 bits per heavy atom.